The molecule has 12 heavy (non-hydrogen) atoms. The molecule has 0 aromatic heterocycles. The third-order valence-corrected chi connectivity index (χ3v) is 2.03. The fourth-order valence-corrected chi connectivity index (χ4v) is 1.17. The van der Waals surface area contributed by atoms with Crippen LogP contribution in [0.1, 0.15) is 12.8 Å². The van der Waals surface area contributed by atoms with Gasteiger partial charge < -0.3 is 5.21 Å². The van der Waals surface area contributed by atoms with E-state index in [1.54, 1.807) is 12.1 Å². The van der Waals surface area contributed by atoms with E-state index in [0.717, 1.165) is 19.4 Å². The molecule has 0 fully saturated rings. The van der Waals surface area contributed by atoms with Crippen molar-refractivity contribution in [2.24, 2.45) is 0 Å². The van der Waals surface area contributed by atoms with Crippen molar-refractivity contribution in [3.05, 3.63) is 29.0 Å². The molecule has 0 amide bonds. The first kappa shape index (κ1) is 9.45. The molecular formula is C9H16N2O. The second-order valence-electron chi connectivity index (χ2n) is 3.13. The number of quaternary nitrogens is 1. The van der Waals surface area contributed by atoms with Gasteiger partial charge in [-0.15, -0.1) is 0 Å². The molecule has 0 spiro atoms. The number of rotatable bonds is 3. The minimum Gasteiger partial charge on any atom is -0.613 e. The standard InChI is InChI=1S/C9H16N2O/c1-10(11(2)12)8-9-6-4-3-5-7-9/h4,6-7,11H,3,5,8H2,1-2H3. The molecule has 1 rings (SSSR count). The fourth-order valence-electron chi connectivity index (χ4n) is 1.17. The third-order valence-electron chi connectivity index (χ3n) is 2.03. The molecule has 0 heterocycles. The lowest BCUT2D eigenvalue weighted by molar-refractivity contribution is -0.949. The van der Waals surface area contributed by atoms with Crippen LogP contribution in [0.5, 0.6) is 0 Å². The van der Waals surface area contributed by atoms with Gasteiger partial charge in [0, 0.05) is 7.05 Å². The molecule has 0 aliphatic heterocycles. The normalized spacial score (nSPS) is 19.5. The van der Waals surface area contributed by atoms with Crippen molar-refractivity contribution >= 4 is 0 Å². The van der Waals surface area contributed by atoms with Crippen molar-refractivity contribution in [2.45, 2.75) is 12.8 Å². The lowest BCUT2D eigenvalue weighted by Gasteiger charge is -2.27. The summed E-state index contributed by atoms with van der Waals surface area (Å²) in [5.74, 6) is 0. The van der Waals surface area contributed by atoms with Crippen LogP contribution in [0.4, 0.5) is 0 Å². The summed E-state index contributed by atoms with van der Waals surface area (Å²) in [6, 6.07) is 0. The summed E-state index contributed by atoms with van der Waals surface area (Å²) >= 11 is 0. The summed E-state index contributed by atoms with van der Waals surface area (Å²) in [7, 11) is 3.42. The van der Waals surface area contributed by atoms with Crippen molar-refractivity contribution in [3.8, 4) is 0 Å². The summed E-state index contributed by atoms with van der Waals surface area (Å²) in [5, 5.41) is 12.7. The number of allylic oxidation sites excluding steroid dienone is 2. The highest BCUT2D eigenvalue weighted by Gasteiger charge is 2.04. The van der Waals surface area contributed by atoms with Gasteiger partial charge in [-0.25, -0.2) is 0 Å². The Labute approximate surface area is 73.5 Å². The van der Waals surface area contributed by atoms with Crippen LogP contribution in [0.25, 0.3) is 0 Å². The fraction of sp³-hybridized carbons (Fsp3) is 0.556. The molecule has 1 aliphatic carbocycles. The molecule has 1 N–H and O–H groups in total. The molecule has 3 nitrogen and oxygen atoms in total. The van der Waals surface area contributed by atoms with E-state index in [1.807, 2.05) is 7.05 Å². The molecule has 1 atom stereocenters. The van der Waals surface area contributed by atoms with E-state index < -0.39 is 0 Å². The van der Waals surface area contributed by atoms with Crippen LogP contribution in [-0.2, 0) is 0 Å². The van der Waals surface area contributed by atoms with E-state index in [-0.39, 0.29) is 5.17 Å². The molecular weight excluding hydrogens is 152 g/mol. The summed E-state index contributed by atoms with van der Waals surface area (Å²) in [4.78, 5) is 0. The van der Waals surface area contributed by atoms with Crippen LogP contribution >= 0.6 is 0 Å². The molecule has 1 aliphatic rings. The van der Waals surface area contributed by atoms with Gasteiger partial charge in [0.05, 0.1) is 13.6 Å². The van der Waals surface area contributed by atoms with Crippen molar-refractivity contribution in [1.82, 2.24) is 5.01 Å². The predicted molar refractivity (Wildman–Crippen MR) is 49.3 cm³/mol. The molecule has 0 radical (unpaired) electrons. The van der Waals surface area contributed by atoms with Crippen molar-refractivity contribution in [1.29, 1.82) is 0 Å². The zero-order chi connectivity index (χ0) is 8.97. The number of hydroxylamine groups is 1. The Balaban J connectivity index is 2.40. The van der Waals surface area contributed by atoms with Gasteiger partial charge in [0.2, 0.25) is 0 Å². The summed E-state index contributed by atoms with van der Waals surface area (Å²) in [6.45, 7) is 0.742. The number of hydrogen-bond donors (Lipinski definition) is 1. The molecule has 0 saturated heterocycles. The monoisotopic (exact) mass is 168 g/mol. The quantitative estimate of drug-likeness (QED) is 0.607. The smallest absolute Gasteiger partial charge is 0.0841 e. The van der Waals surface area contributed by atoms with Crippen LogP contribution in [-0.4, -0.2) is 25.6 Å². The van der Waals surface area contributed by atoms with E-state index >= 15 is 0 Å². The molecule has 3 heteroatoms. The molecule has 1 unspecified atom stereocenters. The molecule has 0 saturated carbocycles. The predicted octanol–water partition coefficient (Wildman–Crippen LogP) is 0.122. The SMILES string of the molecule is CN(CC1=CCCC=C1)[NH+](C)[O-]. The van der Waals surface area contributed by atoms with Crippen LogP contribution < -0.4 is 5.17 Å². The van der Waals surface area contributed by atoms with E-state index in [1.165, 1.54) is 5.57 Å². The van der Waals surface area contributed by atoms with Gasteiger partial charge in [-0.3, -0.25) is 5.17 Å². The van der Waals surface area contributed by atoms with Gasteiger partial charge in [0.1, 0.15) is 0 Å². The second-order valence-corrected chi connectivity index (χ2v) is 3.13. The Morgan fingerprint density at radius 1 is 1.58 bits per heavy atom. The van der Waals surface area contributed by atoms with Gasteiger partial charge in [-0.05, 0) is 18.4 Å². The topological polar surface area (TPSA) is 30.7 Å². The number of nitrogens with zero attached hydrogens (tertiary/aromatic N) is 1. The first-order valence-electron chi connectivity index (χ1n) is 4.27. The Morgan fingerprint density at radius 3 is 2.83 bits per heavy atom. The van der Waals surface area contributed by atoms with Gasteiger partial charge in [-0.1, -0.05) is 18.2 Å². The maximum atomic E-state index is 10.9. The highest BCUT2D eigenvalue weighted by atomic mass is 16.5. The Kier molecular flexibility index (Phi) is 3.47. The molecule has 0 aromatic rings. The minimum absolute atomic E-state index is 0.120. The van der Waals surface area contributed by atoms with E-state index in [2.05, 4.69) is 18.2 Å². The first-order chi connectivity index (χ1) is 5.70. The first-order valence-corrected chi connectivity index (χ1v) is 4.27. The van der Waals surface area contributed by atoms with Gasteiger partial charge in [-0.2, -0.15) is 5.01 Å². The van der Waals surface area contributed by atoms with Crippen molar-refractivity contribution in [2.75, 3.05) is 20.6 Å². The van der Waals surface area contributed by atoms with Crippen LogP contribution in [0.3, 0.4) is 0 Å². The third kappa shape index (κ3) is 2.77. The van der Waals surface area contributed by atoms with Crippen LogP contribution in [0.2, 0.25) is 0 Å². The number of nitrogens with one attached hydrogen (secondary N) is 1. The van der Waals surface area contributed by atoms with Gasteiger partial charge >= 0.3 is 0 Å². The van der Waals surface area contributed by atoms with Gasteiger partial charge in [0.15, 0.2) is 0 Å². The molecule has 0 bridgehead atoms. The van der Waals surface area contributed by atoms with Crippen LogP contribution in [0, 0.1) is 5.21 Å². The van der Waals surface area contributed by atoms with E-state index in [4.69, 9.17) is 0 Å². The van der Waals surface area contributed by atoms with E-state index in [9.17, 15) is 5.21 Å². The van der Waals surface area contributed by atoms with Crippen LogP contribution in [0.15, 0.2) is 23.8 Å². The Morgan fingerprint density at radius 2 is 2.33 bits per heavy atom. The maximum Gasteiger partial charge on any atom is 0.0841 e. The summed E-state index contributed by atoms with van der Waals surface area (Å²) < 4.78 is 0. The average molecular weight is 168 g/mol. The Bertz CT molecular complexity index is 197. The lowest BCUT2D eigenvalue weighted by atomic mass is 10.1. The van der Waals surface area contributed by atoms with E-state index in [0.29, 0.717) is 0 Å². The summed E-state index contributed by atoms with van der Waals surface area (Å²) in [6.07, 6.45) is 8.69. The van der Waals surface area contributed by atoms with Crippen molar-refractivity contribution < 1.29 is 5.17 Å². The highest BCUT2D eigenvalue weighted by Crippen LogP contribution is 2.08. The number of hydrogen-bond acceptors (Lipinski definition) is 2. The Hall–Kier alpha value is -0.640. The van der Waals surface area contributed by atoms with Gasteiger partial charge in [0.25, 0.3) is 0 Å². The molecule has 0 aromatic carbocycles. The summed E-state index contributed by atoms with van der Waals surface area (Å²) in [5.41, 5.74) is 1.25. The lowest BCUT2D eigenvalue weighted by Crippen LogP contribution is -3.10. The molecule has 68 valence electrons. The highest BCUT2D eigenvalue weighted by molar-refractivity contribution is 5.23. The maximum absolute atomic E-state index is 10.9. The zero-order valence-electron chi connectivity index (χ0n) is 7.71. The largest absolute Gasteiger partial charge is 0.613 e. The average Bonchev–Trinajstić information content (AvgIpc) is 2.06. The second kappa shape index (κ2) is 4.40. The van der Waals surface area contributed by atoms with Crippen molar-refractivity contribution in [3.63, 3.8) is 0 Å². The number of likely N-dealkylation sites (N-methyl/N-ethyl adjacent to an activating group) is 1. The minimum atomic E-state index is 0.120. The zero-order valence-corrected chi connectivity index (χ0v) is 7.71.